The fourth-order valence-corrected chi connectivity index (χ4v) is 1.69. The molecule has 0 saturated heterocycles. The molecular formula is C12H19N5O3. The molecule has 20 heavy (non-hydrogen) atoms. The quantitative estimate of drug-likeness (QED) is 0.577. The summed E-state index contributed by atoms with van der Waals surface area (Å²) in [6.45, 7) is 5.10. The van der Waals surface area contributed by atoms with Gasteiger partial charge in [0.05, 0.1) is 23.6 Å². The number of amides is 1. The zero-order valence-electron chi connectivity index (χ0n) is 11.8. The summed E-state index contributed by atoms with van der Waals surface area (Å²) in [5.74, 6) is 0.593. The van der Waals surface area contributed by atoms with Crippen LogP contribution in [0.1, 0.15) is 13.8 Å². The number of likely N-dealkylation sites (N-methyl/N-ethyl adjacent to an activating group) is 1. The Morgan fingerprint density at radius 1 is 1.35 bits per heavy atom. The number of rotatable bonds is 7. The van der Waals surface area contributed by atoms with Crippen LogP contribution in [-0.4, -0.2) is 47.4 Å². The third-order valence-corrected chi connectivity index (χ3v) is 2.81. The van der Waals surface area contributed by atoms with Crippen molar-refractivity contribution in [1.82, 2.24) is 9.88 Å². The van der Waals surface area contributed by atoms with Crippen molar-refractivity contribution in [1.29, 1.82) is 0 Å². The van der Waals surface area contributed by atoms with Gasteiger partial charge in [-0.2, -0.15) is 0 Å². The Morgan fingerprint density at radius 3 is 2.45 bits per heavy atom. The fourth-order valence-electron chi connectivity index (χ4n) is 1.69. The van der Waals surface area contributed by atoms with E-state index >= 15 is 0 Å². The second-order valence-electron chi connectivity index (χ2n) is 4.02. The van der Waals surface area contributed by atoms with Gasteiger partial charge in [0.15, 0.2) is 0 Å². The van der Waals surface area contributed by atoms with E-state index in [1.807, 2.05) is 13.8 Å². The first-order valence-electron chi connectivity index (χ1n) is 6.37. The van der Waals surface area contributed by atoms with Gasteiger partial charge in [-0.25, -0.2) is 4.98 Å². The number of hydrogen-bond donors (Lipinski definition) is 2. The Bertz CT molecular complexity index is 488. The Labute approximate surface area is 117 Å². The summed E-state index contributed by atoms with van der Waals surface area (Å²) >= 11 is 0. The predicted octanol–water partition coefficient (Wildman–Crippen LogP) is 1.31. The van der Waals surface area contributed by atoms with Gasteiger partial charge in [0.2, 0.25) is 5.91 Å². The SMILES string of the molecule is CCN(CC)C(=O)CNc1cc([N+](=O)[O-])cc(NC)n1. The van der Waals surface area contributed by atoms with Crippen LogP contribution in [0.3, 0.4) is 0 Å². The molecule has 110 valence electrons. The van der Waals surface area contributed by atoms with Crippen LogP contribution in [0.15, 0.2) is 12.1 Å². The lowest BCUT2D eigenvalue weighted by atomic mass is 10.3. The molecule has 8 nitrogen and oxygen atoms in total. The number of pyridine rings is 1. The topological polar surface area (TPSA) is 100 Å². The maximum Gasteiger partial charge on any atom is 0.276 e. The van der Waals surface area contributed by atoms with E-state index in [4.69, 9.17) is 0 Å². The summed E-state index contributed by atoms with van der Waals surface area (Å²) in [4.78, 5) is 27.9. The molecule has 0 saturated carbocycles. The van der Waals surface area contributed by atoms with E-state index in [9.17, 15) is 14.9 Å². The highest BCUT2D eigenvalue weighted by atomic mass is 16.6. The standard InChI is InChI=1S/C12H19N5O3/c1-4-16(5-2)12(18)8-14-11-7-9(17(19)20)6-10(13-3)15-11/h6-7H,4-5,8H2,1-3H3,(H2,13,14,15). The van der Waals surface area contributed by atoms with Crippen molar-refractivity contribution in [3.05, 3.63) is 22.2 Å². The molecule has 1 aromatic heterocycles. The molecule has 1 aromatic rings. The molecule has 8 heteroatoms. The van der Waals surface area contributed by atoms with Crippen LogP contribution in [0.2, 0.25) is 0 Å². The molecule has 0 aliphatic heterocycles. The first kappa shape index (κ1) is 15.7. The second-order valence-corrected chi connectivity index (χ2v) is 4.02. The van der Waals surface area contributed by atoms with Crippen LogP contribution in [0.5, 0.6) is 0 Å². The lowest BCUT2D eigenvalue weighted by Crippen LogP contribution is -2.35. The molecule has 0 bridgehead atoms. The molecular weight excluding hydrogens is 262 g/mol. The molecule has 1 rings (SSSR count). The van der Waals surface area contributed by atoms with Crippen molar-refractivity contribution in [3.63, 3.8) is 0 Å². The molecule has 0 aliphatic carbocycles. The normalized spacial score (nSPS) is 9.95. The van der Waals surface area contributed by atoms with Gasteiger partial charge in [-0.05, 0) is 13.8 Å². The predicted molar refractivity (Wildman–Crippen MR) is 76.9 cm³/mol. The van der Waals surface area contributed by atoms with E-state index in [0.717, 1.165) is 0 Å². The van der Waals surface area contributed by atoms with Crippen LogP contribution >= 0.6 is 0 Å². The average Bonchev–Trinajstić information content (AvgIpc) is 2.45. The van der Waals surface area contributed by atoms with Gasteiger partial charge in [-0.1, -0.05) is 0 Å². The first-order valence-corrected chi connectivity index (χ1v) is 6.37. The molecule has 0 unspecified atom stereocenters. The monoisotopic (exact) mass is 281 g/mol. The van der Waals surface area contributed by atoms with E-state index in [2.05, 4.69) is 15.6 Å². The lowest BCUT2D eigenvalue weighted by molar-refractivity contribution is -0.384. The summed E-state index contributed by atoms with van der Waals surface area (Å²) < 4.78 is 0. The number of nitrogens with zero attached hydrogens (tertiary/aromatic N) is 3. The molecule has 2 N–H and O–H groups in total. The zero-order valence-corrected chi connectivity index (χ0v) is 11.8. The van der Waals surface area contributed by atoms with E-state index < -0.39 is 4.92 Å². The van der Waals surface area contributed by atoms with Gasteiger partial charge in [0.25, 0.3) is 5.69 Å². The fraction of sp³-hybridized carbons (Fsp3) is 0.500. The minimum Gasteiger partial charge on any atom is -0.373 e. The van der Waals surface area contributed by atoms with E-state index in [1.165, 1.54) is 12.1 Å². The summed E-state index contributed by atoms with van der Waals surface area (Å²) in [5, 5.41) is 16.4. The summed E-state index contributed by atoms with van der Waals surface area (Å²) in [7, 11) is 1.62. The van der Waals surface area contributed by atoms with Crippen molar-refractivity contribution in [2.24, 2.45) is 0 Å². The van der Waals surface area contributed by atoms with Gasteiger partial charge in [-0.3, -0.25) is 14.9 Å². The summed E-state index contributed by atoms with van der Waals surface area (Å²) in [5.41, 5.74) is -0.0814. The van der Waals surface area contributed by atoms with Gasteiger partial charge in [0.1, 0.15) is 11.6 Å². The molecule has 1 amide bonds. The van der Waals surface area contributed by atoms with Crippen LogP contribution in [0.25, 0.3) is 0 Å². The number of aromatic nitrogens is 1. The molecule has 0 aliphatic rings. The minimum atomic E-state index is -0.500. The highest BCUT2D eigenvalue weighted by Crippen LogP contribution is 2.20. The minimum absolute atomic E-state index is 0.0546. The molecule has 0 radical (unpaired) electrons. The van der Waals surface area contributed by atoms with Crippen molar-refractivity contribution >= 4 is 23.2 Å². The van der Waals surface area contributed by atoms with Crippen molar-refractivity contribution in [3.8, 4) is 0 Å². The molecule has 0 fully saturated rings. The summed E-state index contributed by atoms with van der Waals surface area (Å²) in [6.07, 6.45) is 0. The number of nitro groups is 1. The van der Waals surface area contributed by atoms with Crippen LogP contribution in [0, 0.1) is 10.1 Å². The molecule has 0 atom stereocenters. The first-order chi connectivity index (χ1) is 9.51. The van der Waals surface area contributed by atoms with Gasteiger partial charge < -0.3 is 15.5 Å². The highest BCUT2D eigenvalue weighted by Gasteiger charge is 2.13. The number of nitrogens with one attached hydrogen (secondary N) is 2. The maximum atomic E-state index is 11.8. The zero-order chi connectivity index (χ0) is 15.1. The lowest BCUT2D eigenvalue weighted by Gasteiger charge is -2.18. The van der Waals surface area contributed by atoms with Gasteiger partial charge in [-0.15, -0.1) is 0 Å². The third kappa shape index (κ3) is 4.08. The van der Waals surface area contributed by atoms with E-state index in [-0.39, 0.29) is 18.1 Å². The molecule has 0 aromatic carbocycles. The summed E-state index contributed by atoms with van der Waals surface area (Å²) in [6, 6.07) is 2.63. The largest absolute Gasteiger partial charge is 0.373 e. The van der Waals surface area contributed by atoms with Crippen molar-refractivity contribution in [2.45, 2.75) is 13.8 Å². The average molecular weight is 281 g/mol. The Kier molecular flexibility index (Phi) is 5.70. The number of carbonyl (C=O) groups is 1. The maximum absolute atomic E-state index is 11.8. The number of anilines is 2. The van der Waals surface area contributed by atoms with E-state index in [1.54, 1.807) is 11.9 Å². The Hall–Kier alpha value is -2.38. The highest BCUT2D eigenvalue weighted by molar-refractivity contribution is 5.80. The second kappa shape index (κ2) is 7.27. The van der Waals surface area contributed by atoms with Crippen molar-refractivity contribution in [2.75, 3.05) is 37.3 Å². The van der Waals surface area contributed by atoms with Crippen LogP contribution < -0.4 is 10.6 Å². The molecule has 0 spiro atoms. The van der Waals surface area contributed by atoms with E-state index in [0.29, 0.717) is 24.7 Å². The number of hydrogen-bond acceptors (Lipinski definition) is 6. The Morgan fingerprint density at radius 2 is 1.95 bits per heavy atom. The van der Waals surface area contributed by atoms with Crippen LogP contribution in [-0.2, 0) is 4.79 Å². The number of carbonyl (C=O) groups excluding carboxylic acids is 1. The smallest absolute Gasteiger partial charge is 0.276 e. The van der Waals surface area contributed by atoms with Gasteiger partial charge >= 0.3 is 0 Å². The third-order valence-electron chi connectivity index (χ3n) is 2.81. The van der Waals surface area contributed by atoms with Crippen LogP contribution in [0.4, 0.5) is 17.3 Å². The van der Waals surface area contributed by atoms with Gasteiger partial charge in [0, 0.05) is 20.1 Å². The molecule has 1 heterocycles. The Balaban J connectivity index is 2.79. The van der Waals surface area contributed by atoms with Crippen molar-refractivity contribution < 1.29 is 9.72 Å².